The molecule has 1 aliphatic heterocycles. The molecule has 0 radical (unpaired) electrons. The van der Waals surface area contributed by atoms with Gasteiger partial charge in [0.2, 0.25) is 0 Å². The molecule has 1 saturated heterocycles. The first-order valence-electron chi connectivity index (χ1n) is 6.05. The van der Waals surface area contributed by atoms with Crippen molar-refractivity contribution < 1.29 is 19.2 Å². The van der Waals surface area contributed by atoms with Crippen LogP contribution in [0.15, 0.2) is 10.6 Å². The van der Waals surface area contributed by atoms with Crippen molar-refractivity contribution >= 4 is 23.6 Å². The highest BCUT2D eigenvalue weighted by molar-refractivity contribution is 7.99. The second kappa shape index (κ2) is 5.24. The molecule has 1 aromatic rings. The molecular weight excluding hydrogens is 268 g/mol. The van der Waals surface area contributed by atoms with Crippen molar-refractivity contribution in [2.24, 2.45) is 0 Å². The minimum Gasteiger partial charge on any atom is -0.479 e. The van der Waals surface area contributed by atoms with Gasteiger partial charge in [0, 0.05) is 17.7 Å². The zero-order valence-electron chi connectivity index (χ0n) is 10.8. The van der Waals surface area contributed by atoms with E-state index in [2.05, 4.69) is 10.5 Å². The molecular formula is C12H16N2O4S. The Bertz CT molecular complexity index is 492. The summed E-state index contributed by atoms with van der Waals surface area (Å²) in [6.45, 7) is 3.85. The van der Waals surface area contributed by atoms with Crippen LogP contribution in [0, 0.1) is 0 Å². The number of nitrogens with one attached hydrogen (secondary N) is 1. The van der Waals surface area contributed by atoms with E-state index in [4.69, 9.17) is 4.52 Å². The van der Waals surface area contributed by atoms with Crippen molar-refractivity contribution in [3.8, 4) is 0 Å². The van der Waals surface area contributed by atoms with Gasteiger partial charge in [-0.3, -0.25) is 4.79 Å². The number of amides is 1. The van der Waals surface area contributed by atoms with Gasteiger partial charge in [-0.1, -0.05) is 19.0 Å². The monoisotopic (exact) mass is 284 g/mol. The van der Waals surface area contributed by atoms with Crippen molar-refractivity contribution in [1.82, 2.24) is 10.5 Å². The fourth-order valence-corrected chi connectivity index (χ4v) is 3.16. The smallest absolute Gasteiger partial charge is 0.330 e. The summed E-state index contributed by atoms with van der Waals surface area (Å²) in [5.41, 5.74) is -1.06. The summed E-state index contributed by atoms with van der Waals surface area (Å²) >= 11 is 1.52. The summed E-state index contributed by atoms with van der Waals surface area (Å²) in [7, 11) is 0. The molecule has 7 heteroatoms. The summed E-state index contributed by atoms with van der Waals surface area (Å²) < 4.78 is 5.04. The maximum atomic E-state index is 12.0. The number of hydrogen-bond donors (Lipinski definition) is 2. The SMILES string of the molecule is CC(C)c1cc(C(=O)NC2(C(=O)O)CCSC2)no1. The quantitative estimate of drug-likeness (QED) is 0.870. The van der Waals surface area contributed by atoms with Crippen LogP contribution in [-0.4, -0.2) is 39.2 Å². The van der Waals surface area contributed by atoms with Gasteiger partial charge in [0.1, 0.15) is 11.3 Å². The van der Waals surface area contributed by atoms with E-state index in [1.807, 2.05) is 13.8 Å². The van der Waals surface area contributed by atoms with Gasteiger partial charge >= 0.3 is 5.97 Å². The lowest BCUT2D eigenvalue weighted by atomic mass is 9.99. The largest absolute Gasteiger partial charge is 0.479 e. The highest BCUT2D eigenvalue weighted by Gasteiger charge is 2.43. The van der Waals surface area contributed by atoms with E-state index in [-0.39, 0.29) is 11.6 Å². The first-order valence-corrected chi connectivity index (χ1v) is 7.20. The Kier molecular flexibility index (Phi) is 3.84. The predicted octanol–water partition coefficient (Wildman–Crippen LogP) is 1.49. The van der Waals surface area contributed by atoms with Crippen molar-refractivity contribution in [3.63, 3.8) is 0 Å². The van der Waals surface area contributed by atoms with Crippen LogP contribution in [0.3, 0.4) is 0 Å². The topological polar surface area (TPSA) is 92.4 Å². The molecule has 2 N–H and O–H groups in total. The Morgan fingerprint density at radius 2 is 2.32 bits per heavy atom. The molecule has 6 nitrogen and oxygen atoms in total. The molecule has 0 aliphatic carbocycles. The Balaban J connectivity index is 2.13. The highest BCUT2D eigenvalue weighted by Crippen LogP contribution is 2.28. The van der Waals surface area contributed by atoms with E-state index in [0.29, 0.717) is 17.9 Å². The van der Waals surface area contributed by atoms with Gasteiger partial charge in [-0.05, 0) is 12.2 Å². The molecule has 0 saturated carbocycles. The van der Waals surface area contributed by atoms with E-state index in [1.54, 1.807) is 6.07 Å². The molecule has 19 heavy (non-hydrogen) atoms. The average molecular weight is 284 g/mol. The summed E-state index contributed by atoms with van der Waals surface area (Å²) in [6, 6.07) is 1.55. The third-order valence-corrected chi connectivity index (χ3v) is 4.30. The molecule has 104 valence electrons. The number of thioether (sulfide) groups is 1. The van der Waals surface area contributed by atoms with Crippen LogP contribution in [0.1, 0.15) is 42.4 Å². The van der Waals surface area contributed by atoms with Gasteiger partial charge in [0.25, 0.3) is 5.91 Å². The Morgan fingerprint density at radius 3 is 2.79 bits per heavy atom. The first kappa shape index (κ1) is 13.9. The van der Waals surface area contributed by atoms with E-state index in [1.165, 1.54) is 11.8 Å². The number of rotatable bonds is 4. The van der Waals surface area contributed by atoms with Crippen molar-refractivity contribution in [3.05, 3.63) is 17.5 Å². The van der Waals surface area contributed by atoms with Gasteiger partial charge in [0.15, 0.2) is 5.69 Å². The van der Waals surface area contributed by atoms with Crippen molar-refractivity contribution in [2.75, 3.05) is 11.5 Å². The zero-order valence-corrected chi connectivity index (χ0v) is 11.6. The number of carboxylic acid groups (broad SMARTS) is 1. The minimum absolute atomic E-state index is 0.126. The molecule has 1 aromatic heterocycles. The maximum absolute atomic E-state index is 12.0. The van der Waals surface area contributed by atoms with Crippen LogP contribution >= 0.6 is 11.8 Å². The third-order valence-electron chi connectivity index (χ3n) is 3.11. The van der Waals surface area contributed by atoms with Crippen LogP contribution in [0.2, 0.25) is 0 Å². The second-order valence-corrected chi connectivity index (χ2v) is 6.02. The van der Waals surface area contributed by atoms with E-state index >= 15 is 0 Å². The van der Waals surface area contributed by atoms with Gasteiger partial charge in [0.05, 0.1) is 0 Å². The summed E-state index contributed by atoms with van der Waals surface area (Å²) in [6.07, 6.45) is 0.424. The molecule has 2 rings (SSSR count). The fraction of sp³-hybridized carbons (Fsp3) is 0.583. The lowest BCUT2D eigenvalue weighted by molar-refractivity contribution is -0.143. The van der Waals surface area contributed by atoms with Crippen LogP contribution in [0.25, 0.3) is 0 Å². The molecule has 2 heterocycles. The number of aromatic nitrogens is 1. The van der Waals surface area contributed by atoms with E-state index in [9.17, 15) is 14.7 Å². The van der Waals surface area contributed by atoms with Crippen LogP contribution in [-0.2, 0) is 4.79 Å². The summed E-state index contributed by atoms with van der Waals surface area (Å²) in [4.78, 5) is 23.4. The Morgan fingerprint density at radius 1 is 1.58 bits per heavy atom. The lowest BCUT2D eigenvalue weighted by Gasteiger charge is -2.23. The van der Waals surface area contributed by atoms with Gasteiger partial charge in [-0.2, -0.15) is 11.8 Å². The number of carboxylic acids is 1. The Hall–Kier alpha value is -1.50. The molecule has 0 aromatic carbocycles. The number of carbonyl (C=O) groups excluding carboxylic acids is 1. The highest BCUT2D eigenvalue weighted by atomic mass is 32.2. The van der Waals surface area contributed by atoms with Crippen LogP contribution < -0.4 is 5.32 Å². The normalized spacial score (nSPS) is 22.7. The van der Waals surface area contributed by atoms with Crippen LogP contribution in [0.4, 0.5) is 0 Å². The molecule has 1 aliphatic rings. The lowest BCUT2D eigenvalue weighted by Crippen LogP contribution is -2.54. The number of nitrogens with zero attached hydrogens (tertiary/aromatic N) is 1. The summed E-state index contributed by atoms with van der Waals surface area (Å²) in [5, 5.41) is 15.5. The summed E-state index contributed by atoms with van der Waals surface area (Å²) in [5.74, 6) is 0.338. The maximum Gasteiger partial charge on any atom is 0.330 e. The molecule has 0 spiro atoms. The number of carbonyl (C=O) groups is 2. The number of hydrogen-bond acceptors (Lipinski definition) is 5. The molecule has 1 unspecified atom stereocenters. The first-order chi connectivity index (χ1) is 8.94. The van der Waals surface area contributed by atoms with E-state index in [0.717, 1.165) is 5.75 Å². The zero-order chi connectivity index (χ0) is 14.0. The fourth-order valence-electron chi connectivity index (χ4n) is 1.84. The predicted molar refractivity (Wildman–Crippen MR) is 70.4 cm³/mol. The van der Waals surface area contributed by atoms with Crippen LogP contribution in [0.5, 0.6) is 0 Å². The van der Waals surface area contributed by atoms with E-state index < -0.39 is 17.4 Å². The Labute approximate surface area is 114 Å². The standard InChI is InChI=1S/C12H16N2O4S/c1-7(2)9-5-8(14-18-9)10(15)13-12(11(16)17)3-4-19-6-12/h5,7H,3-4,6H2,1-2H3,(H,13,15)(H,16,17). The average Bonchev–Trinajstić information content (AvgIpc) is 2.97. The van der Waals surface area contributed by atoms with Gasteiger partial charge in [-0.15, -0.1) is 0 Å². The molecule has 0 bridgehead atoms. The van der Waals surface area contributed by atoms with Crippen molar-refractivity contribution in [2.45, 2.75) is 31.7 Å². The van der Waals surface area contributed by atoms with Crippen molar-refractivity contribution in [1.29, 1.82) is 0 Å². The second-order valence-electron chi connectivity index (χ2n) is 4.91. The van der Waals surface area contributed by atoms with Gasteiger partial charge < -0.3 is 14.9 Å². The third kappa shape index (κ3) is 2.75. The minimum atomic E-state index is -1.18. The molecule has 1 fully saturated rings. The van der Waals surface area contributed by atoms with Gasteiger partial charge in [-0.25, -0.2) is 4.79 Å². The number of aliphatic carboxylic acids is 1. The molecule has 1 amide bonds. The molecule has 1 atom stereocenters.